The van der Waals surface area contributed by atoms with Crippen molar-refractivity contribution in [3.63, 3.8) is 0 Å². The van der Waals surface area contributed by atoms with Gasteiger partial charge in [-0.3, -0.25) is 4.90 Å². The van der Waals surface area contributed by atoms with Crippen LogP contribution in [0, 0.1) is 0 Å². The van der Waals surface area contributed by atoms with Crippen molar-refractivity contribution in [2.75, 3.05) is 31.6 Å². The third-order valence-corrected chi connectivity index (χ3v) is 4.73. The summed E-state index contributed by atoms with van der Waals surface area (Å²) in [6.07, 6.45) is 1.34. The van der Waals surface area contributed by atoms with E-state index in [4.69, 9.17) is 14.3 Å². The Kier molecular flexibility index (Phi) is 4.94. The maximum Gasteiger partial charge on any atom is 0.357 e. The van der Waals surface area contributed by atoms with Gasteiger partial charge in [-0.05, 0) is 18.4 Å². The van der Waals surface area contributed by atoms with Crippen LogP contribution in [0.5, 0.6) is 0 Å². The number of carboxylic acids is 1. The highest BCUT2D eigenvalue weighted by atomic mass is 32.1. The summed E-state index contributed by atoms with van der Waals surface area (Å²) >= 11 is 1.70. The minimum atomic E-state index is -1.10. The Labute approximate surface area is 137 Å². The monoisotopic (exact) mass is 337 g/mol. The Morgan fingerprint density at radius 2 is 2.52 bits per heavy atom. The average molecular weight is 337 g/mol. The van der Waals surface area contributed by atoms with Gasteiger partial charge in [0, 0.05) is 24.5 Å². The molecule has 0 amide bonds. The summed E-state index contributed by atoms with van der Waals surface area (Å²) in [6, 6.07) is 4.53. The number of hydrogen-bond donors (Lipinski definition) is 2. The predicted molar refractivity (Wildman–Crippen MR) is 86.0 cm³/mol. The molecule has 2 atom stereocenters. The minimum Gasteiger partial charge on any atom is -0.476 e. The van der Waals surface area contributed by atoms with E-state index in [2.05, 4.69) is 33.6 Å². The molecule has 2 unspecified atom stereocenters. The van der Waals surface area contributed by atoms with Crippen molar-refractivity contribution in [3.8, 4) is 0 Å². The molecule has 7 nitrogen and oxygen atoms in total. The molecule has 0 radical (unpaired) electrons. The number of aromatic carboxylic acids is 1. The highest BCUT2D eigenvalue weighted by Gasteiger charge is 2.26. The number of aromatic nitrogens is 1. The van der Waals surface area contributed by atoms with E-state index in [9.17, 15) is 4.79 Å². The quantitative estimate of drug-likeness (QED) is 0.836. The lowest BCUT2D eigenvalue weighted by molar-refractivity contribution is -0.0322. The summed E-state index contributed by atoms with van der Waals surface area (Å²) in [5.74, 6) is -1.10. The SMILES string of the molecule is CC1CN(C(CNc2nc(C(=O)O)co2)c2cccs2)CCO1. The fraction of sp³-hybridized carbons (Fsp3) is 0.467. The predicted octanol–water partition coefficient (Wildman–Crippen LogP) is 2.31. The van der Waals surface area contributed by atoms with Crippen molar-refractivity contribution in [3.05, 3.63) is 34.3 Å². The van der Waals surface area contributed by atoms with Crippen LogP contribution in [0.2, 0.25) is 0 Å². The second-order valence-corrected chi connectivity index (χ2v) is 6.41. The van der Waals surface area contributed by atoms with Gasteiger partial charge in [0.1, 0.15) is 6.26 Å². The number of nitrogens with zero attached hydrogens (tertiary/aromatic N) is 2. The largest absolute Gasteiger partial charge is 0.476 e. The highest BCUT2D eigenvalue weighted by Crippen LogP contribution is 2.27. The van der Waals surface area contributed by atoms with Crippen LogP contribution < -0.4 is 5.32 Å². The van der Waals surface area contributed by atoms with Crippen LogP contribution in [-0.4, -0.2) is 53.3 Å². The van der Waals surface area contributed by atoms with Crippen molar-refractivity contribution < 1.29 is 19.1 Å². The molecule has 124 valence electrons. The molecule has 1 aliphatic heterocycles. The molecule has 0 bridgehead atoms. The number of morpholine rings is 1. The van der Waals surface area contributed by atoms with E-state index in [1.807, 2.05) is 6.07 Å². The molecule has 0 spiro atoms. The third-order valence-electron chi connectivity index (χ3n) is 3.75. The topological polar surface area (TPSA) is 87.8 Å². The van der Waals surface area contributed by atoms with E-state index in [0.717, 1.165) is 19.4 Å². The summed E-state index contributed by atoms with van der Waals surface area (Å²) in [7, 11) is 0. The van der Waals surface area contributed by atoms with Crippen molar-refractivity contribution >= 4 is 23.3 Å². The molecule has 23 heavy (non-hydrogen) atoms. The third kappa shape index (κ3) is 3.90. The van der Waals surface area contributed by atoms with E-state index in [-0.39, 0.29) is 23.9 Å². The van der Waals surface area contributed by atoms with Crippen LogP contribution in [-0.2, 0) is 4.74 Å². The van der Waals surface area contributed by atoms with Crippen LogP contribution in [0.25, 0.3) is 0 Å². The van der Waals surface area contributed by atoms with Crippen LogP contribution in [0.1, 0.15) is 28.3 Å². The lowest BCUT2D eigenvalue weighted by atomic mass is 10.1. The molecule has 0 aromatic carbocycles. The molecule has 3 rings (SSSR count). The van der Waals surface area contributed by atoms with Gasteiger partial charge in [-0.15, -0.1) is 11.3 Å². The summed E-state index contributed by atoms with van der Waals surface area (Å²) in [5.41, 5.74) is -0.0971. The maximum atomic E-state index is 10.9. The fourth-order valence-electron chi connectivity index (χ4n) is 2.66. The molecule has 2 N–H and O–H groups in total. The number of rotatable bonds is 6. The van der Waals surface area contributed by atoms with E-state index < -0.39 is 5.97 Å². The van der Waals surface area contributed by atoms with Gasteiger partial charge >= 0.3 is 5.97 Å². The molecular weight excluding hydrogens is 318 g/mol. The summed E-state index contributed by atoms with van der Waals surface area (Å²) in [6.45, 7) is 5.09. The molecule has 3 heterocycles. The molecule has 1 saturated heterocycles. The maximum absolute atomic E-state index is 10.9. The second kappa shape index (κ2) is 7.12. The summed E-state index contributed by atoms with van der Waals surface area (Å²) < 4.78 is 10.8. The second-order valence-electron chi connectivity index (χ2n) is 5.43. The number of nitrogens with one attached hydrogen (secondary N) is 1. The first kappa shape index (κ1) is 16.0. The van der Waals surface area contributed by atoms with E-state index in [0.29, 0.717) is 13.2 Å². The van der Waals surface area contributed by atoms with Crippen LogP contribution in [0.15, 0.2) is 28.2 Å². The van der Waals surface area contributed by atoms with Gasteiger partial charge < -0.3 is 19.6 Å². The number of ether oxygens (including phenoxy) is 1. The number of oxazole rings is 1. The molecule has 8 heteroatoms. The molecular formula is C15H19N3O4S. The Bertz CT molecular complexity index is 643. The van der Waals surface area contributed by atoms with Crippen LogP contribution in [0.4, 0.5) is 6.01 Å². The van der Waals surface area contributed by atoms with E-state index in [1.54, 1.807) is 11.3 Å². The first-order valence-electron chi connectivity index (χ1n) is 7.45. The highest BCUT2D eigenvalue weighted by molar-refractivity contribution is 7.10. The molecule has 0 saturated carbocycles. The number of carboxylic acid groups (broad SMARTS) is 1. The lowest BCUT2D eigenvalue weighted by Crippen LogP contribution is -2.44. The van der Waals surface area contributed by atoms with Gasteiger partial charge in [-0.1, -0.05) is 6.07 Å². The summed E-state index contributed by atoms with van der Waals surface area (Å²) in [5, 5.41) is 14.0. The van der Waals surface area contributed by atoms with Gasteiger partial charge in [0.15, 0.2) is 5.69 Å². The molecule has 1 fully saturated rings. The average Bonchev–Trinajstić information content (AvgIpc) is 3.19. The van der Waals surface area contributed by atoms with Crippen molar-refractivity contribution in [1.29, 1.82) is 0 Å². The van der Waals surface area contributed by atoms with Gasteiger partial charge in [0.2, 0.25) is 0 Å². The zero-order valence-electron chi connectivity index (χ0n) is 12.8. The Balaban J connectivity index is 1.69. The zero-order chi connectivity index (χ0) is 16.2. The first-order chi connectivity index (χ1) is 11.1. The normalized spacial score (nSPS) is 20.3. The number of hydrogen-bond acceptors (Lipinski definition) is 7. The molecule has 0 aliphatic carbocycles. The Hall–Kier alpha value is -1.90. The summed E-state index contributed by atoms with van der Waals surface area (Å²) in [4.78, 5) is 18.4. The number of thiophene rings is 1. The number of anilines is 1. The van der Waals surface area contributed by atoms with E-state index in [1.165, 1.54) is 4.88 Å². The van der Waals surface area contributed by atoms with Crippen molar-refractivity contribution in [2.45, 2.75) is 19.1 Å². The van der Waals surface area contributed by atoms with Gasteiger partial charge in [0.05, 0.1) is 18.8 Å². The molecule has 2 aromatic rings. The smallest absolute Gasteiger partial charge is 0.357 e. The fourth-order valence-corrected chi connectivity index (χ4v) is 3.52. The van der Waals surface area contributed by atoms with Crippen LogP contribution in [0.3, 0.4) is 0 Å². The van der Waals surface area contributed by atoms with Gasteiger partial charge in [0.25, 0.3) is 6.01 Å². The van der Waals surface area contributed by atoms with Crippen molar-refractivity contribution in [1.82, 2.24) is 9.88 Å². The van der Waals surface area contributed by atoms with E-state index >= 15 is 0 Å². The van der Waals surface area contributed by atoms with Gasteiger partial charge in [-0.2, -0.15) is 4.98 Å². The Morgan fingerprint density at radius 1 is 1.65 bits per heavy atom. The zero-order valence-corrected chi connectivity index (χ0v) is 13.6. The first-order valence-corrected chi connectivity index (χ1v) is 8.33. The Morgan fingerprint density at radius 3 is 3.17 bits per heavy atom. The van der Waals surface area contributed by atoms with Gasteiger partial charge in [-0.25, -0.2) is 4.79 Å². The minimum absolute atomic E-state index is 0.0971. The molecule has 1 aliphatic rings. The number of carbonyl (C=O) groups is 1. The lowest BCUT2D eigenvalue weighted by Gasteiger charge is -2.36. The van der Waals surface area contributed by atoms with Crippen molar-refractivity contribution in [2.24, 2.45) is 0 Å². The molecule has 2 aromatic heterocycles. The van der Waals surface area contributed by atoms with Crippen LogP contribution >= 0.6 is 11.3 Å². The standard InChI is InChI=1S/C15H19N3O4S/c1-10-8-18(4-5-21-10)12(13-3-2-6-23-13)7-16-15-17-11(9-22-15)14(19)20/h2-3,6,9-10,12H,4-5,7-8H2,1H3,(H,16,17)(H,19,20).